The van der Waals surface area contributed by atoms with Gasteiger partial charge in [-0.1, -0.05) is 0 Å². The molecule has 2 aromatic rings. The summed E-state index contributed by atoms with van der Waals surface area (Å²) >= 11 is 0. The van der Waals surface area contributed by atoms with E-state index in [4.69, 9.17) is 4.42 Å². The van der Waals surface area contributed by atoms with E-state index in [1.165, 1.54) is 0 Å². The predicted molar refractivity (Wildman–Crippen MR) is 76.9 cm³/mol. The molecule has 0 saturated carbocycles. The SMILES string of the molecule is CN(C)CC(O)CNC(=O)c1ccc(Cn2cccn2)o1. The molecule has 0 aliphatic rings. The minimum atomic E-state index is -0.609. The molecule has 1 atom stereocenters. The first-order valence-corrected chi connectivity index (χ1v) is 6.71. The lowest BCUT2D eigenvalue weighted by Crippen LogP contribution is -2.37. The first-order valence-electron chi connectivity index (χ1n) is 6.71. The third-order valence-electron chi connectivity index (χ3n) is 2.84. The molecule has 21 heavy (non-hydrogen) atoms. The Balaban J connectivity index is 1.84. The van der Waals surface area contributed by atoms with E-state index in [2.05, 4.69) is 10.4 Å². The van der Waals surface area contributed by atoms with Crippen molar-refractivity contribution in [3.8, 4) is 0 Å². The van der Waals surface area contributed by atoms with Crippen LogP contribution in [0.15, 0.2) is 35.0 Å². The number of carbonyl (C=O) groups is 1. The molecule has 2 rings (SSSR count). The number of likely N-dealkylation sites (N-methyl/N-ethyl adjacent to an activating group) is 1. The second-order valence-electron chi connectivity index (χ2n) is 5.10. The highest BCUT2D eigenvalue weighted by Crippen LogP contribution is 2.09. The molecule has 7 nitrogen and oxygen atoms in total. The van der Waals surface area contributed by atoms with Crippen LogP contribution < -0.4 is 5.32 Å². The number of nitrogens with zero attached hydrogens (tertiary/aromatic N) is 3. The summed E-state index contributed by atoms with van der Waals surface area (Å²) in [7, 11) is 3.72. The zero-order valence-electron chi connectivity index (χ0n) is 12.2. The highest BCUT2D eigenvalue weighted by molar-refractivity contribution is 5.91. The number of aliphatic hydroxyl groups excluding tert-OH is 1. The minimum absolute atomic E-state index is 0.187. The molecule has 0 aliphatic heterocycles. The highest BCUT2D eigenvalue weighted by atomic mass is 16.4. The van der Waals surface area contributed by atoms with Gasteiger partial charge in [0.1, 0.15) is 5.76 Å². The van der Waals surface area contributed by atoms with Gasteiger partial charge >= 0.3 is 0 Å². The number of hydrogen-bond acceptors (Lipinski definition) is 5. The summed E-state index contributed by atoms with van der Waals surface area (Å²) < 4.78 is 7.18. The van der Waals surface area contributed by atoms with Gasteiger partial charge in [0.15, 0.2) is 5.76 Å². The van der Waals surface area contributed by atoms with Crippen LogP contribution in [-0.2, 0) is 6.54 Å². The maximum Gasteiger partial charge on any atom is 0.287 e. The molecule has 0 bridgehead atoms. The Kier molecular flexibility index (Phi) is 5.13. The fourth-order valence-electron chi connectivity index (χ4n) is 1.92. The van der Waals surface area contributed by atoms with Gasteiger partial charge in [0.05, 0.1) is 12.6 Å². The van der Waals surface area contributed by atoms with Gasteiger partial charge in [-0.2, -0.15) is 5.10 Å². The minimum Gasteiger partial charge on any atom is -0.454 e. The predicted octanol–water partition coefficient (Wildman–Crippen LogP) is 0.177. The van der Waals surface area contributed by atoms with Gasteiger partial charge in [-0.3, -0.25) is 9.48 Å². The number of furan rings is 1. The zero-order chi connectivity index (χ0) is 15.2. The number of rotatable bonds is 7. The Hall–Kier alpha value is -2.12. The van der Waals surface area contributed by atoms with Crippen molar-refractivity contribution in [3.05, 3.63) is 42.1 Å². The molecule has 1 unspecified atom stereocenters. The van der Waals surface area contributed by atoms with E-state index in [0.29, 0.717) is 18.8 Å². The summed E-state index contributed by atoms with van der Waals surface area (Å²) in [6.07, 6.45) is 2.89. The second kappa shape index (κ2) is 7.05. The molecule has 114 valence electrons. The van der Waals surface area contributed by atoms with E-state index in [0.717, 1.165) is 0 Å². The van der Waals surface area contributed by atoms with Crippen molar-refractivity contribution < 1.29 is 14.3 Å². The lowest BCUT2D eigenvalue weighted by atomic mass is 10.3. The Morgan fingerprint density at radius 1 is 1.52 bits per heavy atom. The number of hydrogen-bond donors (Lipinski definition) is 2. The van der Waals surface area contributed by atoms with Crippen molar-refractivity contribution in [2.45, 2.75) is 12.6 Å². The van der Waals surface area contributed by atoms with Crippen LogP contribution in [0.4, 0.5) is 0 Å². The molecule has 0 spiro atoms. The van der Waals surface area contributed by atoms with E-state index in [1.807, 2.05) is 31.3 Å². The molecule has 0 aliphatic carbocycles. The van der Waals surface area contributed by atoms with Gasteiger partial charge in [-0.25, -0.2) is 0 Å². The van der Waals surface area contributed by atoms with Gasteiger partial charge in [0.2, 0.25) is 0 Å². The molecule has 2 heterocycles. The third kappa shape index (κ3) is 4.73. The smallest absolute Gasteiger partial charge is 0.287 e. The first-order chi connectivity index (χ1) is 10.0. The molecule has 2 N–H and O–H groups in total. The Labute approximate surface area is 123 Å². The van der Waals surface area contributed by atoms with E-state index < -0.39 is 6.10 Å². The van der Waals surface area contributed by atoms with Crippen LogP contribution in [0.2, 0.25) is 0 Å². The number of aromatic nitrogens is 2. The van der Waals surface area contributed by atoms with E-state index >= 15 is 0 Å². The largest absolute Gasteiger partial charge is 0.454 e. The summed E-state index contributed by atoms with van der Waals surface area (Å²) in [5, 5.41) is 16.4. The summed E-state index contributed by atoms with van der Waals surface area (Å²) in [4.78, 5) is 13.8. The average Bonchev–Trinajstić information content (AvgIpc) is 3.07. The molecule has 0 fully saturated rings. The molecule has 7 heteroatoms. The summed E-state index contributed by atoms with van der Waals surface area (Å²) in [6, 6.07) is 5.18. The van der Waals surface area contributed by atoms with Gasteiger partial charge in [-0.15, -0.1) is 0 Å². The monoisotopic (exact) mass is 292 g/mol. The fraction of sp³-hybridized carbons (Fsp3) is 0.429. The van der Waals surface area contributed by atoms with Gasteiger partial charge in [0, 0.05) is 25.5 Å². The van der Waals surface area contributed by atoms with Crippen molar-refractivity contribution in [2.24, 2.45) is 0 Å². The third-order valence-corrected chi connectivity index (χ3v) is 2.84. The van der Waals surface area contributed by atoms with E-state index in [-0.39, 0.29) is 18.2 Å². The molecule has 0 radical (unpaired) electrons. The highest BCUT2D eigenvalue weighted by Gasteiger charge is 2.13. The van der Waals surface area contributed by atoms with Crippen LogP contribution in [0.1, 0.15) is 16.3 Å². The maximum atomic E-state index is 11.9. The molecule has 1 amide bonds. The molecule has 2 aromatic heterocycles. The maximum absolute atomic E-state index is 11.9. The zero-order valence-corrected chi connectivity index (χ0v) is 12.2. The van der Waals surface area contributed by atoms with Crippen LogP contribution in [0.3, 0.4) is 0 Å². The Morgan fingerprint density at radius 3 is 3.00 bits per heavy atom. The lowest BCUT2D eigenvalue weighted by Gasteiger charge is -2.15. The van der Waals surface area contributed by atoms with E-state index in [1.54, 1.807) is 23.0 Å². The topological polar surface area (TPSA) is 83.5 Å². The molecular formula is C14H20N4O3. The number of carbonyl (C=O) groups excluding carboxylic acids is 1. The lowest BCUT2D eigenvalue weighted by molar-refractivity contribution is 0.0864. The number of aliphatic hydroxyl groups is 1. The molecule has 0 saturated heterocycles. The summed E-state index contributed by atoms with van der Waals surface area (Å²) in [5.74, 6) is 0.548. The van der Waals surface area contributed by atoms with Crippen molar-refractivity contribution in [1.29, 1.82) is 0 Å². The number of amides is 1. The van der Waals surface area contributed by atoms with Crippen LogP contribution in [0.25, 0.3) is 0 Å². The normalized spacial score (nSPS) is 12.6. The van der Waals surface area contributed by atoms with Gasteiger partial charge in [0.25, 0.3) is 5.91 Å². The van der Waals surface area contributed by atoms with E-state index in [9.17, 15) is 9.90 Å². The second-order valence-corrected chi connectivity index (χ2v) is 5.10. The van der Waals surface area contributed by atoms with Crippen LogP contribution in [0.5, 0.6) is 0 Å². The van der Waals surface area contributed by atoms with Crippen molar-refractivity contribution in [1.82, 2.24) is 20.0 Å². The quantitative estimate of drug-likeness (QED) is 0.760. The summed E-state index contributed by atoms with van der Waals surface area (Å²) in [5.41, 5.74) is 0. The Bertz CT molecular complexity index is 563. The standard InChI is InChI=1S/C14H20N4O3/c1-17(2)9-11(19)8-15-14(20)13-5-4-12(21-13)10-18-7-3-6-16-18/h3-7,11,19H,8-10H2,1-2H3,(H,15,20). The number of nitrogens with one attached hydrogen (secondary N) is 1. The Morgan fingerprint density at radius 2 is 2.33 bits per heavy atom. The van der Waals surface area contributed by atoms with Crippen molar-refractivity contribution >= 4 is 5.91 Å². The van der Waals surface area contributed by atoms with Crippen molar-refractivity contribution in [3.63, 3.8) is 0 Å². The van der Waals surface area contributed by atoms with Crippen LogP contribution in [0, 0.1) is 0 Å². The molecular weight excluding hydrogens is 272 g/mol. The van der Waals surface area contributed by atoms with Gasteiger partial charge in [-0.05, 0) is 32.3 Å². The fourth-order valence-corrected chi connectivity index (χ4v) is 1.92. The first kappa shape index (κ1) is 15.3. The average molecular weight is 292 g/mol. The van der Waals surface area contributed by atoms with Crippen LogP contribution >= 0.6 is 0 Å². The van der Waals surface area contributed by atoms with Crippen molar-refractivity contribution in [2.75, 3.05) is 27.2 Å². The molecule has 0 aromatic carbocycles. The summed E-state index contributed by atoms with van der Waals surface area (Å²) in [6.45, 7) is 1.15. The van der Waals surface area contributed by atoms with Crippen LogP contribution in [-0.4, -0.2) is 59.0 Å². The van der Waals surface area contributed by atoms with Gasteiger partial charge < -0.3 is 19.7 Å².